The molecule has 1 heterocycles. The summed E-state index contributed by atoms with van der Waals surface area (Å²) in [7, 11) is 0. The van der Waals surface area contributed by atoms with Crippen LogP contribution in [0.5, 0.6) is 0 Å². The first-order valence-corrected chi connectivity index (χ1v) is 8.27. The van der Waals surface area contributed by atoms with Gasteiger partial charge in [0.2, 0.25) is 17.7 Å². The molecule has 26 heavy (non-hydrogen) atoms. The van der Waals surface area contributed by atoms with Crippen molar-refractivity contribution in [1.82, 2.24) is 9.88 Å². The van der Waals surface area contributed by atoms with E-state index in [0.29, 0.717) is 24.5 Å². The quantitative estimate of drug-likeness (QED) is 0.799. The van der Waals surface area contributed by atoms with Gasteiger partial charge in [-0.1, -0.05) is 6.07 Å². The second-order valence-corrected chi connectivity index (χ2v) is 5.82. The van der Waals surface area contributed by atoms with Crippen LogP contribution in [0, 0.1) is 0 Å². The van der Waals surface area contributed by atoms with E-state index in [1.165, 1.54) is 13.8 Å². The summed E-state index contributed by atoms with van der Waals surface area (Å²) in [5.74, 6) is -0.452. The molecule has 3 amide bonds. The van der Waals surface area contributed by atoms with E-state index in [0.717, 1.165) is 5.69 Å². The molecule has 0 bridgehead atoms. The molecule has 0 aliphatic carbocycles. The van der Waals surface area contributed by atoms with E-state index < -0.39 is 0 Å². The monoisotopic (exact) mass is 354 g/mol. The topological polar surface area (TPSA) is 91.4 Å². The predicted octanol–water partition coefficient (Wildman–Crippen LogP) is 2.42. The van der Waals surface area contributed by atoms with Crippen LogP contribution in [0.25, 0.3) is 0 Å². The SMILES string of the molecule is CC(=O)Nc1ccc(NC(=O)CCN(Cc2ccccn2)C(C)=O)cc1. The van der Waals surface area contributed by atoms with Crippen molar-refractivity contribution < 1.29 is 14.4 Å². The number of aromatic nitrogens is 1. The van der Waals surface area contributed by atoms with Crippen molar-refractivity contribution in [1.29, 1.82) is 0 Å². The van der Waals surface area contributed by atoms with Crippen molar-refractivity contribution in [3.8, 4) is 0 Å². The Morgan fingerprint density at radius 2 is 1.62 bits per heavy atom. The highest BCUT2D eigenvalue weighted by atomic mass is 16.2. The average molecular weight is 354 g/mol. The minimum absolute atomic E-state index is 0.108. The van der Waals surface area contributed by atoms with Gasteiger partial charge in [-0.15, -0.1) is 0 Å². The smallest absolute Gasteiger partial charge is 0.226 e. The molecule has 0 radical (unpaired) electrons. The highest BCUT2D eigenvalue weighted by Crippen LogP contribution is 2.14. The van der Waals surface area contributed by atoms with Crippen molar-refractivity contribution in [2.75, 3.05) is 17.2 Å². The molecule has 0 fully saturated rings. The molecule has 0 saturated heterocycles. The van der Waals surface area contributed by atoms with E-state index >= 15 is 0 Å². The van der Waals surface area contributed by atoms with Crippen molar-refractivity contribution in [3.63, 3.8) is 0 Å². The van der Waals surface area contributed by atoms with Gasteiger partial charge in [0.1, 0.15) is 0 Å². The van der Waals surface area contributed by atoms with Crippen molar-refractivity contribution >= 4 is 29.1 Å². The van der Waals surface area contributed by atoms with Crippen LogP contribution in [0.2, 0.25) is 0 Å². The minimum Gasteiger partial charge on any atom is -0.337 e. The number of amides is 3. The average Bonchev–Trinajstić information content (AvgIpc) is 2.60. The van der Waals surface area contributed by atoms with Gasteiger partial charge in [-0.3, -0.25) is 19.4 Å². The van der Waals surface area contributed by atoms with E-state index in [2.05, 4.69) is 15.6 Å². The fraction of sp³-hybridized carbons (Fsp3) is 0.263. The molecule has 136 valence electrons. The highest BCUT2D eigenvalue weighted by molar-refractivity contribution is 5.92. The number of benzene rings is 1. The number of rotatable bonds is 7. The van der Waals surface area contributed by atoms with E-state index in [-0.39, 0.29) is 24.1 Å². The third-order valence-corrected chi connectivity index (χ3v) is 3.62. The molecule has 7 nitrogen and oxygen atoms in total. The molecule has 0 aliphatic heterocycles. The first kappa shape index (κ1) is 19.1. The maximum atomic E-state index is 12.1. The van der Waals surface area contributed by atoms with E-state index in [1.807, 2.05) is 18.2 Å². The number of carbonyl (C=O) groups is 3. The Morgan fingerprint density at radius 3 is 2.15 bits per heavy atom. The number of hydrogen-bond donors (Lipinski definition) is 2. The zero-order valence-electron chi connectivity index (χ0n) is 14.9. The zero-order valence-corrected chi connectivity index (χ0v) is 14.9. The maximum absolute atomic E-state index is 12.1. The summed E-state index contributed by atoms with van der Waals surface area (Å²) in [4.78, 5) is 40.7. The summed E-state index contributed by atoms with van der Waals surface area (Å²) >= 11 is 0. The number of nitrogens with zero attached hydrogens (tertiary/aromatic N) is 2. The number of anilines is 2. The molecule has 0 spiro atoms. The van der Waals surface area contributed by atoms with Gasteiger partial charge >= 0.3 is 0 Å². The second-order valence-electron chi connectivity index (χ2n) is 5.82. The summed E-state index contributed by atoms with van der Waals surface area (Å²) in [5, 5.41) is 5.43. The van der Waals surface area contributed by atoms with E-state index in [4.69, 9.17) is 0 Å². The summed E-state index contributed by atoms with van der Waals surface area (Å²) in [6.07, 6.45) is 1.85. The summed E-state index contributed by atoms with van der Waals surface area (Å²) < 4.78 is 0. The van der Waals surface area contributed by atoms with Crippen LogP contribution in [0.1, 0.15) is 26.0 Å². The van der Waals surface area contributed by atoms with Crippen LogP contribution in [0.4, 0.5) is 11.4 Å². The zero-order chi connectivity index (χ0) is 18.9. The molecular weight excluding hydrogens is 332 g/mol. The third kappa shape index (κ3) is 6.35. The Morgan fingerprint density at radius 1 is 0.962 bits per heavy atom. The predicted molar refractivity (Wildman–Crippen MR) is 99.3 cm³/mol. The van der Waals surface area contributed by atoms with E-state index in [9.17, 15) is 14.4 Å². The largest absolute Gasteiger partial charge is 0.337 e. The van der Waals surface area contributed by atoms with Crippen molar-refractivity contribution in [2.24, 2.45) is 0 Å². The molecule has 2 aromatic rings. The minimum atomic E-state index is -0.190. The first-order valence-electron chi connectivity index (χ1n) is 8.27. The van der Waals surface area contributed by atoms with Gasteiger partial charge in [0.25, 0.3) is 0 Å². The lowest BCUT2D eigenvalue weighted by atomic mass is 10.2. The molecular formula is C19H22N4O3. The van der Waals surface area contributed by atoms with Crippen LogP contribution in [-0.4, -0.2) is 34.2 Å². The van der Waals surface area contributed by atoms with Gasteiger partial charge in [0.15, 0.2) is 0 Å². The molecule has 2 N–H and O–H groups in total. The number of carbonyl (C=O) groups excluding carboxylic acids is 3. The van der Waals surface area contributed by atoms with Crippen molar-refractivity contribution in [2.45, 2.75) is 26.8 Å². The molecule has 1 aromatic carbocycles. The molecule has 0 aliphatic rings. The van der Waals surface area contributed by atoms with Gasteiger partial charge in [0.05, 0.1) is 12.2 Å². The number of pyridine rings is 1. The number of nitrogens with one attached hydrogen (secondary N) is 2. The molecule has 1 aromatic heterocycles. The molecule has 0 saturated carbocycles. The third-order valence-electron chi connectivity index (χ3n) is 3.62. The van der Waals surface area contributed by atoms with Crippen LogP contribution in [-0.2, 0) is 20.9 Å². The fourth-order valence-electron chi connectivity index (χ4n) is 2.34. The van der Waals surface area contributed by atoms with Crippen LogP contribution in [0.3, 0.4) is 0 Å². The molecule has 7 heteroatoms. The summed E-state index contributed by atoms with van der Waals surface area (Å²) in [6.45, 7) is 3.58. The van der Waals surface area contributed by atoms with Gasteiger partial charge in [-0.05, 0) is 36.4 Å². The Bertz CT molecular complexity index is 760. The summed E-state index contributed by atoms with van der Waals surface area (Å²) in [6, 6.07) is 12.3. The summed E-state index contributed by atoms with van der Waals surface area (Å²) in [5.41, 5.74) is 2.06. The Hall–Kier alpha value is -3.22. The maximum Gasteiger partial charge on any atom is 0.226 e. The van der Waals surface area contributed by atoms with Gasteiger partial charge < -0.3 is 15.5 Å². The van der Waals surface area contributed by atoms with Crippen molar-refractivity contribution in [3.05, 3.63) is 54.4 Å². The van der Waals surface area contributed by atoms with Crippen LogP contribution in [0.15, 0.2) is 48.7 Å². The lowest BCUT2D eigenvalue weighted by molar-refractivity contribution is -0.130. The standard InChI is InChI=1S/C19H22N4O3/c1-14(24)21-16-6-8-17(9-7-16)22-19(26)10-12-23(15(2)25)13-18-5-3-4-11-20-18/h3-9,11H,10,12-13H2,1-2H3,(H,21,24)(H,22,26). The Labute approximate surface area is 152 Å². The fourth-order valence-corrected chi connectivity index (χ4v) is 2.34. The normalized spacial score (nSPS) is 10.1. The lowest BCUT2D eigenvalue weighted by Crippen LogP contribution is -2.31. The van der Waals surface area contributed by atoms with Gasteiger partial charge in [-0.25, -0.2) is 0 Å². The molecule has 0 unspecified atom stereocenters. The lowest BCUT2D eigenvalue weighted by Gasteiger charge is -2.20. The van der Waals surface area contributed by atoms with Crippen LogP contribution < -0.4 is 10.6 Å². The van der Waals surface area contributed by atoms with Gasteiger partial charge in [0, 0.05) is 44.4 Å². The van der Waals surface area contributed by atoms with Gasteiger partial charge in [-0.2, -0.15) is 0 Å². The molecule has 0 atom stereocenters. The number of hydrogen-bond acceptors (Lipinski definition) is 4. The van der Waals surface area contributed by atoms with Crippen LogP contribution >= 0.6 is 0 Å². The van der Waals surface area contributed by atoms with E-state index in [1.54, 1.807) is 35.4 Å². The highest BCUT2D eigenvalue weighted by Gasteiger charge is 2.12. The Kier molecular flexibility index (Phi) is 6.84. The molecule has 2 rings (SSSR count). The second kappa shape index (κ2) is 9.31. The Balaban J connectivity index is 1.85. The first-order chi connectivity index (χ1) is 12.4.